The van der Waals surface area contributed by atoms with Crippen molar-refractivity contribution in [3.63, 3.8) is 0 Å². The van der Waals surface area contributed by atoms with Crippen LogP contribution in [0, 0.1) is 35.5 Å². The molecule has 1 aromatic carbocycles. The highest BCUT2D eigenvalue weighted by molar-refractivity contribution is 5.81. The summed E-state index contributed by atoms with van der Waals surface area (Å²) < 4.78 is 10.8. The Morgan fingerprint density at radius 3 is 1.67 bits per heavy atom. The fourth-order valence-corrected chi connectivity index (χ4v) is 5.53. The fourth-order valence-electron chi connectivity index (χ4n) is 5.53. The Kier molecular flexibility index (Phi) is 9.51. The maximum atomic E-state index is 12.8. The molecular formula is C30H43N3O6. The molecule has 0 saturated heterocycles. The molecule has 3 saturated carbocycles. The van der Waals surface area contributed by atoms with Crippen molar-refractivity contribution in [1.82, 2.24) is 16.0 Å². The van der Waals surface area contributed by atoms with Crippen LogP contribution in [-0.2, 0) is 30.5 Å². The molecule has 0 aliphatic heterocycles. The van der Waals surface area contributed by atoms with E-state index in [0.29, 0.717) is 19.6 Å². The number of hydrogen-bond donors (Lipinski definition) is 3. The van der Waals surface area contributed by atoms with E-state index in [1.54, 1.807) is 0 Å². The Hall–Kier alpha value is -3.10. The molecular weight excluding hydrogens is 498 g/mol. The van der Waals surface area contributed by atoms with Gasteiger partial charge in [-0.15, -0.1) is 0 Å². The first kappa shape index (κ1) is 28.9. The van der Waals surface area contributed by atoms with E-state index in [0.717, 1.165) is 44.1 Å². The predicted molar refractivity (Wildman–Crippen MR) is 145 cm³/mol. The monoisotopic (exact) mass is 541 g/mol. The van der Waals surface area contributed by atoms with Crippen molar-refractivity contribution in [2.24, 2.45) is 35.5 Å². The van der Waals surface area contributed by atoms with E-state index < -0.39 is 11.7 Å². The molecule has 0 heterocycles. The molecule has 3 amide bonds. The topological polar surface area (TPSA) is 123 Å². The Bertz CT molecular complexity index is 1020. The van der Waals surface area contributed by atoms with Gasteiger partial charge < -0.3 is 25.4 Å². The second-order valence-corrected chi connectivity index (χ2v) is 12.3. The van der Waals surface area contributed by atoms with Crippen LogP contribution < -0.4 is 16.0 Å². The van der Waals surface area contributed by atoms with Gasteiger partial charge in [-0.2, -0.15) is 0 Å². The van der Waals surface area contributed by atoms with Crippen molar-refractivity contribution in [3.05, 3.63) is 35.9 Å². The summed E-state index contributed by atoms with van der Waals surface area (Å²) in [5.41, 5.74) is 0.406. The van der Waals surface area contributed by atoms with Crippen LogP contribution in [0.5, 0.6) is 0 Å². The van der Waals surface area contributed by atoms with E-state index in [4.69, 9.17) is 9.47 Å². The molecule has 0 spiro atoms. The van der Waals surface area contributed by atoms with Crippen LogP contribution in [0.3, 0.4) is 0 Å². The van der Waals surface area contributed by atoms with Crippen molar-refractivity contribution in [3.8, 4) is 0 Å². The van der Waals surface area contributed by atoms with Gasteiger partial charge in [-0.3, -0.25) is 14.4 Å². The quantitative estimate of drug-likeness (QED) is 0.368. The molecule has 0 unspecified atom stereocenters. The van der Waals surface area contributed by atoms with Gasteiger partial charge in [0.25, 0.3) is 0 Å². The highest BCUT2D eigenvalue weighted by Gasteiger charge is 2.41. The number of ether oxygens (including phenoxy) is 2. The minimum absolute atomic E-state index is 0.00498. The zero-order valence-electron chi connectivity index (χ0n) is 23.4. The molecule has 9 heteroatoms. The molecule has 0 radical (unpaired) electrons. The molecule has 0 aromatic heterocycles. The van der Waals surface area contributed by atoms with Gasteiger partial charge >= 0.3 is 12.1 Å². The minimum Gasteiger partial charge on any atom is -0.461 e. The lowest BCUT2D eigenvalue weighted by molar-refractivity contribution is -0.156. The van der Waals surface area contributed by atoms with Crippen LogP contribution in [0.15, 0.2) is 30.3 Å². The van der Waals surface area contributed by atoms with Gasteiger partial charge in [-0.05, 0) is 82.6 Å². The Balaban J connectivity index is 1.11. The second-order valence-electron chi connectivity index (χ2n) is 12.3. The summed E-state index contributed by atoms with van der Waals surface area (Å²) in [5, 5.41) is 8.86. The van der Waals surface area contributed by atoms with Crippen LogP contribution in [0.2, 0.25) is 0 Å². The van der Waals surface area contributed by atoms with Crippen molar-refractivity contribution >= 4 is 23.9 Å². The first-order chi connectivity index (χ1) is 18.6. The van der Waals surface area contributed by atoms with Crippen LogP contribution in [0.1, 0.15) is 64.9 Å². The largest absolute Gasteiger partial charge is 0.461 e. The number of rotatable bonds is 11. The van der Waals surface area contributed by atoms with Crippen molar-refractivity contribution in [1.29, 1.82) is 0 Å². The lowest BCUT2D eigenvalue weighted by Crippen LogP contribution is -2.50. The van der Waals surface area contributed by atoms with E-state index in [1.165, 1.54) is 0 Å². The van der Waals surface area contributed by atoms with Gasteiger partial charge in [0.05, 0.1) is 5.92 Å². The molecule has 0 bridgehead atoms. The third-order valence-electron chi connectivity index (χ3n) is 8.44. The lowest BCUT2D eigenvalue weighted by Gasteiger charge is -2.39. The van der Waals surface area contributed by atoms with Gasteiger partial charge in [0.2, 0.25) is 11.8 Å². The molecule has 3 aliphatic carbocycles. The first-order valence-corrected chi connectivity index (χ1v) is 14.3. The lowest BCUT2D eigenvalue weighted by atomic mass is 9.71. The highest BCUT2D eigenvalue weighted by atomic mass is 16.6. The van der Waals surface area contributed by atoms with Gasteiger partial charge in [-0.1, -0.05) is 30.3 Å². The summed E-state index contributed by atoms with van der Waals surface area (Å²) in [6.07, 6.45) is 4.65. The van der Waals surface area contributed by atoms with Gasteiger partial charge in [0.1, 0.15) is 12.2 Å². The summed E-state index contributed by atoms with van der Waals surface area (Å²) in [6.45, 7) is 7.10. The SMILES string of the molecule is CC(C)(C)OC(=O)NC[C@H]1CC[C@H]1C(=O)NC[C@H]1CC[C@H]1C(=O)NC[C@H]1CC[C@H]1C(=O)OCc1ccccc1. The molecule has 3 N–H and O–H groups in total. The zero-order chi connectivity index (χ0) is 28.0. The maximum absolute atomic E-state index is 12.8. The number of nitrogens with one attached hydrogen (secondary N) is 3. The molecule has 3 fully saturated rings. The van der Waals surface area contributed by atoms with Crippen LogP contribution in [-0.4, -0.2) is 49.1 Å². The van der Waals surface area contributed by atoms with E-state index in [-0.39, 0.29) is 59.9 Å². The number of carbonyl (C=O) groups excluding carboxylic acids is 4. The average molecular weight is 542 g/mol. The maximum Gasteiger partial charge on any atom is 0.407 e. The summed E-state index contributed by atoms with van der Waals surface area (Å²) >= 11 is 0. The summed E-state index contributed by atoms with van der Waals surface area (Å²) in [4.78, 5) is 49.9. The molecule has 3 aliphatic rings. The van der Waals surface area contributed by atoms with Crippen LogP contribution in [0.4, 0.5) is 4.79 Å². The number of hydrogen-bond acceptors (Lipinski definition) is 6. The molecule has 4 rings (SSSR count). The number of carbonyl (C=O) groups is 4. The van der Waals surface area contributed by atoms with Crippen molar-refractivity contribution in [2.75, 3.05) is 19.6 Å². The van der Waals surface area contributed by atoms with Crippen LogP contribution >= 0.6 is 0 Å². The molecule has 6 atom stereocenters. The predicted octanol–water partition coefficient (Wildman–Crippen LogP) is 3.57. The highest BCUT2D eigenvalue weighted by Crippen LogP contribution is 2.37. The summed E-state index contributed by atoms with van der Waals surface area (Å²) in [5.74, 6) is -0.241. The third-order valence-corrected chi connectivity index (χ3v) is 8.44. The molecule has 9 nitrogen and oxygen atoms in total. The standard InChI is InChI=1S/C30H43N3O6/c1-30(2,3)39-29(37)33-17-21-10-13-24(21)27(35)31-15-20-9-12-23(20)26(34)32-16-22-11-14-25(22)28(36)38-18-19-7-5-4-6-8-19/h4-8,20-25H,9-18H2,1-3H3,(H,31,35)(H,32,34)(H,33,37)/t20-,21-,22-,23-,24-,25-/m1/s1. The Morgan fingerprint density at radius 2 is 1.21 bits per heavy atom. The van der Waals surface area contributed by atoms with Crippen molar-refractivity contribution in [2.45, 2.75) is 71.5 Å². The van der Waals surface area contributed by atoms with Crippen LogP contribution in [0.25, 0.3) is 0 Å². The van der Waals surface area contributed by atoms with E-state index in [1.807, 2.05) is 51.1 Å². The smallest absolute Gasteiger partial charge is 0.407 e. The molecule has 214 valence electrons. The van der Waals surface area contributed by atoms with Gasteiger partial charge in [0.15, 0.2) is 0 Å². The van der Waals surface area contributed by atoms with E-state index in [2.05, 4.69) is 16.0 Å². The molecule has 39 heavy (non-hydrogen) atoms. The Labute approximate surface area is 231 Å². The van der Waals surface area contributed by atoms with E-state index >= 15 is 0 Å². The number of esters is 1. The van der Waals surface area contributed by atoms with E-state index in [9.17, 15) is 19.2 Å². The Morgan fingerprint density at radius 1 is 0.718 bits per heavy atom. The van der Waals surface area contributed by atoms with Gasteiger partial charge in [-0.25, -0.2) is 4.79 Å². The normalized spacial score (nSPS) is 27.6. The average Bonchev–Trinajstić information content (AvgIpc) is 2.80. The summed E-state index contributed by atoms with van der Waals surface area (Å²) in [7, 11) is 0. The zero-order valence-corrected chi connectivity index (χ0v) is 23.4. The van der Waals surface area contributed by atoms with Crippen molar-refractivity contribution < 1.29 is 28.7 Å². The number of alkyl carbamates (subject to hydrolysis) is 1. The van der Waals surface area contributed by atoms with Gasteiger partial charge in [0, 0.05) is 31.5 Å². The fraction of sp³-hybridized carbons (Fsp3) is 0.667. The number of benzene rings is 1. The third kappa shape index (κ3) is 7.96. The number of amides is 3. The molecule has 1 aromatic rings. The summed E-state index contributed by atoms with van der Waals surface area (Å²) in [6, 6.07) is 9.62. The first-order valence-electron chi connectivity index (χ1n) is 14.3. The second kappa shape index (κ2) is 12.8. The minimum atomic E-state index is -0.556.